The van der Waals surface area contributed by atoms with Crippen LogP contribution in [0, 0.1) is 0 Å². The molecule has 0 fully saturated rings. The van der Waals surface area contributed by atoms with Crippen molar-refractivity contribution in [2.45, 2.75) is 46.0 Å². The quantitative estimate of drug-likeness (QED) is 0.851. The van der Waals surface area contributed by atoms with Gasteiger partial charge in [0.15, 0.2) is 0 Å². The van der Waals surface area contributed by atoms with Gasteiger partial charge in [-0.1, -0.05) is 52.0 Å². The molecule has 2 heteroatoms. The minimum atomic E-state index is 0.107. The normalized spacial score (nSPS) is 11.3. The molecular weight excluding hydrogens is 210 g/mol. The highest BCUT2D eigenvalue weighted by Gasteiger charge is 2.13. The van der Waals surface area contributed by atoms with Gasteiger partial charge >= 0.3 is 0 Å². The third-order valence-corrected chi connectivity index (χ3v) is 2.76. The Bertz CT molecular complexity index is 360. The van der Waals surface area contributed by atoms with Crippen molar-refractivity contribution < 1.29 is 4.79 Å². The first-order valence-corrected chi connectivity index (χ1v) is 6.29. The Hall–Kier alpha value is -1.31. The van der Waals surface area contributed by atoms with Crippen molar-refractivity contribution in [3.8, 4) is 0 Å². The summed E-state index contributed by atoms with van der Waals surface area (Å²) in [5.74, 6) is 0.107. The van der Waals surface area contributed by atoms with Crippen molar-refractivity contribution in [2.24, 2.45) is 0 Å². The molecule has 0 aliphatic carbocycles. The zero-order valence-corrected chi connectivity index (χ0v) is 11.3. The summed E-state index contributed by atoms with van der Waals surface area (Å²) < 4.78 is 0. The number of hydrogen-bond acceptors (Lipinski definition) is 1. The van der Waals surface area contributed by atoms with Crippen molar-refractivity contribution >= 4 is 5.91 Å². The smallest absolute Gasteiger partial charge is 0.224 e. The summed E-state index contributed by atoms with van der Waals surface area (Å²) in [7, 11) is 0. The minimum absolute atomic E-state index is 0.107. The number of hydrogen-bond donors (Lipinski definition) is 1. The number of carbonyl (C=O) groups excluding carboxylic acids is 1. The first-order valence-electron chi connectivity index (χ1n) is 6.29. The van der Waals surface area contributed by atoms with E-state index in [1.165, 1.54) is 5.56 Å². The zero-order chi connectivity index (χ0) is 12.9. The summed E-state index contributed by atoms with van der Waals surface area (Å²) in [6.45, 7) is 9.39. The largest absolute Gasteiger partial charge is 0.356 e. The van der Waals surface area contributed by atoms with Crippen LogP contribution in [0.4, 0.5) is 0 Å². The molecule has 0 heterocycles. The molecule has 0 aromatic heterocycles. The van der Waals surface area contributed by atoms with Gasteiger partial charge in [0.05, 0.1) is 6.42 Å². The summed E-state index contributed by atoms with van der Waals surface area (Å²) in [5.41, 5.74) is 2.55. The lowest BCUT2D eigenvalue weighted by Crippen LogP contribution is -2.25. The van der Waals surface area contributed by atoms with Crippen LogP contribution in [0.3, 0.4) is 0 Å². The van der Waals surface area contributed by atoms with Gasteiger partial charge in [0.25, 0.3) is 0 Å². The van der Waals surface area contributed by atoms with E-state index in [4.69, 9.17) is 0 Å². The molecule has 0 atom stereocenters. The van der Waals surface area contributed by atoms with Crippen molar-refractivity contribution in [1.82, 2.24) is 5.32 Å². The second kappa shape index (κ2) is 5.85. The fourth-order valence-electron chi connectivity index (χ4n) is 1.63. The van der Waals surface area contributed by atoms with Crippen molar-refractivity contribution in [3.63, 3.8) is 0 Å². The summed E-state index contributed by atoms with van der Waals surface area (Å²) in [6, 6.07) is 8.32. The second-order valence-corrected chi connectivity index (χ2v) is 5.47. The van der Waals surface area contributed by atoms with Gasteiger partial charge in [-0.3, -0.25) is 4.79 Å². The van der Waals surface area contributed by atoms with Crippen LogP contribution < -0.4 is 5.32 Å². The van der Waals surface area contributed by atoms with E-state index >= 15 is 0 Å². The monoisotopic (exact) mass is 233 g/mol. The van der Waals surface area contributed by atoms with Gasteiger partial charge in [-0.05, 0) is 23.0 Å². The number of benzene rings is 1. The van der Waals surface area contributed by atoms with Crippen LogP contribution in [-0.2, 0) is 16.6 Å². The molecule has 1 aromatic rings. The molecule has 2 nitrogen and oxygen atoms in total. The van der Waals surface area contributed by atoms with Crippen LogP contribution in [0.1, 0.15) is 45.2 Å². The highest BCUT2D eigenvalue weighted by Crippen LogP contribution is 2.22. The molecular formula is C15H23NO. The average molecular weight is 233 g/mol. The average Bonchev–Trinajstić information content (AvgIpc) is 2.26. The van der Waals surface area contributed by atoms with Crippen LogP contribution in [-0.4, -0.2) is 12.5 Å². The molecule has 0 bridgehead atoms. The Morgan fingerprint density at radius 3 is 2.24 bits per heavy atom. The van der Waals surface area contributed by atoms with E-state index in [0.717, 1.165) is 18.5 Å². The maximum atomic E-state index is 11.5. The lowest BCUT2D eigenvalue weighted by atomic mass is 9.86. The zero-order valence-electron chi connectivity index (χ0n) is 11.3. The Morgan fingerprint density at radius 1 is 1.18 bits per heavy atom. The van der Waals surface area contributed by atoms with Crippen LogP contribution in [0.25, 0.3) is 0 Å². The van der Waals surface area contributed by atoms with Gasteiger partial charge in [-0.25, -0.2) is 0 Å². The maximum absolute atomic E-state index is 11.5. The SMILES string of the molecule is CCCNC(=O)Cc1ccc(C(C)(C)C)cc1. The standard InChI is InChI=1S/C15H23NO/c1-5-10-16-14(17)11-12-6-8-13(9-7-12)15(2,3)4/h6-9H,5,10-11H2,1-4H3,(H,16,17). The van der Waals surface area contributed by atoms with Crippen molar-refractivity contribution in [2.75, 3.05) is 6.54 Å². The topological polar surface area (TPSA) is 29.1 Å². The van der Waals surface area contributed by atoms with Crippen LogP contribution in [0.5, 0.6) is 0 Å². The van der Waals surface area contributed by atoms with Gasteiger partial charge < -0.3 is 5.32 Å². The van der Waals surface area contributed by atoms with Gasteiger partial charge in [0.2, 0.25) is 5.91 Å². The molecule has 0 aliphatic rings. The lowest BCUT2D eigenvalue weighted by Gasteiger charge is -2.19. The third kappa shape index (κ3) is 4.59. The van der Waals surface area contributed by atoms with E-state index in [-0.39, 0.29) is 11.3 Å². The molecule has 1 amide bonds. The van der Waals surface area contributed by atoms with E-state index in [0.29, 0.717) is 6.42 Å². The minimum Gasteiger partial charge on any atom is -0.356 e. The molecule has 0 saturated carbocycles. The summed E-state index contributed by atoms with van der Waals surface area (Å²) in [6.07, 6.45) is 1.46. The van der Waals surface area contributed by atoms with Crippen LogP contribution in [0.2, 0.25) is 0 Å². The van der Waals surface area contributed by atoms with Gasteiger partial charge in [-0.2, -0.15) is 0 Å². The van der Waals surface area contributed by atoms with Gasteiger partial charge in [0, 0.05) is 6.54 Å². The number of nitrogens with one attached hydrogen (secondary N) is 1. The summed E-state index contributed by atoms with van der Waals surface area (Å²) in [5, 5.41) is 2.89. The summed E-state index contributed by atoms with van der Waals surface area (Å²) in [4.78, 5) is 11.5. The summed E-state index contributed by atoms with van der Waals surface area (Å²) >= 11 is 0. The molecule has 0 saturated heterocycles. The Kier molecular flexibility index (Phi) is 4.73. The first kappa shape index (κ1) is 13.8. The van der Waals surface area contributed by atoms with E-state index in [9.17, 15) is 4.79 Å². The molecule has 0 aliphatic heterocycles. The molecule has 17 heavy (non-hydrogen) atoms. The van der Waals surface area contributed by atoms with E-state index in [2.05, 4.69) is 45.1 Å². The molecule has 1 N–H and O–H groups in total. The Labute approximate surface area is 104 Å². The predicted molar refractivity (Wildman–Crippen MR) is 72.1 cm³/mol. The van der Waals surface area contributed by atoms with Crippen LogP contribution in [0.15, 0.2) is 24.3 Å². The molecule has 94 valence electrons. The fourth-order valence-corrected chi connectivity index (χ4v) is 1.63. The Balaban J connectivity index is 2.60. The predicted octanol–water partition coefficient (Wildman–Crippen LogP) is 3.05. The molecule has 1 rings (SSSR count). The fraction of sp³-hybridized carbons (Fsp3) is 0.533. The molecule has 1 aromatic carbocycles. The maximum Gasteiger partial charge on any atom is 0.224 e. The molecule has 0 spiro atoms. The van der Waals surface area contributed by atoms with E-state index in [1.54, 1.807) is 0 Å². The highest BCUT2D eigenvalue weighted by molar-refractivity contribution is 5.78. The molecule has 0 radical (unpaired) electrons. The Morgan fingerprint density at radius 2 is 1.76 bits per heavy atom. The van der Waals surface area contributed by atoms with Gasteiger partial charge in [-0.15, -0.1) is 0 Å². The molecule has 0 unspecified atom stereocenters. The lowest BCUT2D eigenvalue weighted by molar-refractivity contribution is -0.120. The van der Waals surface area contributed by atoms with E-state index in [1.807, 2.05) is 12.1 Å². The van der Waals surface area contributed by atoms with Crippen LogP contribution >= 0.6 is 0 Å². The first-order chi connectivity index (χ1) is 7.93. The number of carbonyl (C=O) groups is 1. The van der Waals surface area contributed by atoms with Gasteiger partial charge in [0.1, 0.15) is 0 Å². The van der Waals surface area contributed by atoms with Crippen molar-refractivity contribution in [3.05, 3.63) is 35.4 Å². The number of amides is 1. The second-order valence-electron chi connectivity index (χ2n) is 5.47. The highest BCUT2D eigenvalue weighted by atomic mass is 16.1. The third-order valence-electron chi connectivity index (χ3n) is 2.76. The number of rotatable bonds is 4. The van der Waals surface area contributed by atoms with Crippen molar-refractivity contribution in [1.29, 1.82) is 0 Å². The van der Waals surface area contributed by atoms with E-state index < -0.39 is 0 Å².